The van der Waals surface area contributed by atoms with E-state index in [9.17, 15) is 0 Å². The van der Waals surface area contributed by atoms with Gasteiger partial charge in [-0.05, 0) is 49.4 Å². The molecule has 3 nitrogen and oxygen atoms in total. The molecule has 0 unspecified atom stereocenters. The van der Waals surface area contributed by atoms with E-state index in [2.05, 4.69) is 53.2 Å². The second-order valence-electron chi connectivity index (χ2n) is 5.55. The van der Waals surface area contributed by atoms with Crippen molar-refractivity contribution in [1.29, 1.82) is 0 Å². The molecule has 2 aromatic rings. The van der Waals surface area contributed by atoms with Crippen LogP contribution in [-0.4, -0.2) is 15.8 Å². The molecule has 0 radical (unpaired) electrons. The molecule has 1 N–H and O–H groups in total. The van der Waals surface area contributed by atoms with Crippen LogP contribution in [0, 0.1) is 13.8 Å². The highest BCUT2D eigenvalue weighted by atomic mass is 15.3. The van der Waals surface area contributed by atoms with Crippen LogP contribution < -0.4 is 5.32 Å². The molecule has 0 bridgehead atoms. The molecule has 3 heteroatoms. The van der Waals surface area contributed by atoms with Gasteiger partial charge in [0.2, 0.25) is 0 Å². The monoisotopic (exact) mass is 255 g/mol. The number of hydrogen-bond acceptors (Lipinski definition) is 2. The molecule has 1 aromatic carbocycles. The lowest BCUT2D eigenvalue weighted by Gasteiger charge is -2.10. The van der Waals surface area contributed by atoms with E-state index >= 15 is 0 Å². The van der Waals surface area contributed by atoms with Crippen LogP contribution in [0.15, 0.2) is 30.5 Å². The van der Waals surface area contributed by atoms with Crippen LogP contribution in [0.5, 0.6) is 0 Å². The molecule has 1 saturated carbocycles. The summed E-state index contributed by atoms with van der Waals surface area (Å²) in [4.78, 5) is 0. The molecule has 1 heterocycles. The molecular weight excluding hydrogens is 234 g/mol. The van der Waals surface area contributed by atoms with Gasteiger partial charge >= 0.3 is 0 Å². The minimum Gasteiger partial charge on any atom is -0.308 e. The van der Waals surface area contributed by atoms with Gasteiger partial charge in [0.1, 0.15) is 0 Å². The molecular formula is C16H21N3. The summed E-state index contributed by atoms with van der Waals surface area (Å²) in [5, 5.41) is 7.98. The molecule has 0 saturated heterocycles. The number of nitrogens with zero attached hydrogens (tertiary/aromatic N) is 2. The third-order valence-corrected chi connectivity index (χ3v) is 3.86. The van der Waals surface area contributed by atoms with Gasteiger partial charge in [0.15, 0.2) is 0 Å². The standard InChI is InChI=1S/C16H21N3/c1-12-3-4-14(9-13(12)2)11-19-16(7-8-18-19)10-17-15-5-6-15/h3-4,7-9,15,17H,5-6,10-11H2,1-2H3. The highest BCUT2D eigenvalue weighted by Crippen LogP contribution is 2.19. The van der Waals surface area contributed by atoms with Crippen molar-refractivity contribution in [2.75, 3.05) is 0 Å². The first-order valence-corrected chi connectivity index (χ1v) is 7.02. The summed E-state index contributed by atoms with van der Waals surface area (Å²) in [6.07, 6.45) is 4.54. The van der Waals surface area contributed by atoms with Crippen LogP contribution in [0.4, 0.5) is 0 Å². The minimum atomic E-state index is 0.741. The van der Waals surface area contributed by atoms with E-state index in [0.29, 0.717) is 0 Å². The smallest absolute Gasteiger partial charge is 0.0663 e. The number of hydrogen-bond donors (Lipinski definition) is 1. The Kier molecular flexibility index (Phi) is 3.38. The number of nitrogens with one attached hydrogen (secondary N) is 1. The number of aryl methyl sites for hydroxylation is 2. The molecule has 3 rings (SSSR count). The first kappa shape index (κ1) is 12.4. The number of benzene rings is 1. The molecule has 19 heavy (non-hydrogen) atoms. The normalized spacial score (nSPS) is 14.8. The van der Waals surface area contributed by atoms with E-state index in [1.54, 1.807) is 0 Å². The van der Waals surface area contributed by atoms with Crippen molar-refractivity contribution in [3.63, 3.8) is 0 Å². The Balaban J connectivity index is 1.71. The first-order valence-electron chi connectivity index (χ1n) is 7.02. The predicted octanol–water partition coefficient (Wildman–Crippen LogP) is 2.80. The van der Waals surface area contributed by atoms with Gasteiger partial charge in [-0.15, -0.1) is 0 Å². The molecule has 1 aliphatic rings. The summed E-state index contributed by atoms with van der Waals surface area (Å²) >= 11 is 0. The lowest BCUT2D eigenvalue weighted by atomic mass is 10.1. The Bertz CT molecular complexity index is 567. The van der Waals surface area contributed by atoms with Gasteiger partial charge in [0, 0.05) is 18.8 Å². The molecule has 1 aromatic heterocycles. The summed E-state index contributed by atoms with van der Waals surface area (Å²) in [6, 6.07) is 9.49. The molecule has 0 aliphatic heterocycles. The van der Waals surface area contributed by atoms with E-state index in [-0.39, 0.29) is 0 Å². The van der Waals surface area contributed by atoms with Gasteiger partial charge in [-0.1, -0.05) is 18.2 Å². The van der Waals surface area contributed by atoms with E-state index in [4.69, 9.17) is 0 Å². The SMILES string of the molecule is Cc1ccc(Cn2nccc2CNC2CC2)cc1C. The topological polar surface area (TPSA) is 29.9 Å². The van der Waals surface area contributed by atoms with E-state index in [1.165, 1.54) is 35.2 Å². The number of rotatable bonds is 5. The van der Waals surface area contributed by atoms with Crippen LogP contribution in [0.25, 0.3) is 0 Å². The second-order valence-corrected chi connectivity index (χ2v) is 5.55. The zero-order chi connectivity index (χ0) is 13.2. The summed E-state index contributed by atoms with van der Waals surface area (Å²) in [7, 11) is 0. The Hall–Kier alpha value is -1.61. The number of aromatic nitrogens is 2. The molecule has 0 amide bonds. The fourth-order valence-electron chi connectivity index (χ4n) is 2.26. The van der Waals surface area contributed by atoms with Crippen molar-refractivity contribution >= 4 is 0 Å². The Morgan fingerprint density at radius 3 is 2.79 bits per heavy atom. The van der Waals surface area contributed by atoms with Gasteiger partial charge in [-0.3, -0.25) is 4.68 Å². The molecule has 0 atom stereocenters. The van der Waals surface area contributed by atoms with Gasteiger partial charge in [0.25, 0.3) is 0 Å². The minimum absolute atomic E-state index is 0.741. The van der Waals surface area contributed by atoms with E-state index in [0.717, 1.165) is 19.1 Å². The lowest BCUT2D eigenvalue weighted by molar-refractivity contribution is 0.593. The summed E-state index contributed by atoms with van der Waals surface area (Å²) in [5.74, 6) is 0. The van der Waals surface area contributed by atoms with Gasteiger partial charge in [-0.25, -0.2) is 0 Å². The first-order chi connectivity index (χ1) is 9.22. The molecule has 0 spiro atoms. The van der Waals surface area contributed by atoms with Crippen LogP contribution >= 0.6 is 0 Å². The second kappa shape index (κ2) is 5.17. The maximum atomic E-state index is 4.44. The van der Waals surface area contributed by atoms with Crippen molar-refractivity contribution in [1.82, 2.24) is 15.1 Å². The highest BCUT2D eigenvalue weighted by Gasteiger charge is 2.20. The average molecular weight is 255 g/mol. The maximum Gasteiger partial charge on any atom is 0.0663 e. The van der Waals surface area contributed by atoms with Crippen molar-refractivity contribution in [3.8, 4) is 0 Å². The van der Waals surface area contributed by atoms with E-state index < -0.39 is 0 Å². The Labute approximate surface area is 114 Å². The summed E-state index contributed by atoms with van der Waals surface area (Å²) < 4.78 is 2.10. The third kappa shape index (κ3) is 3.04. The van der Waals surface area contributed by atoms with Crippen molar-refractivity contribution in [3.05, 3.63) is 52.8 Å². The summed E-state index contributed by atoms with van der Waals surface area (Å²) in [6.45, 7) is 6.10. The predicted molar refractivity (Wildman–Crippen MR) is 77.1 cm³/mol. The van der Waals surface area contributed by atoms with Crippen molar-refractivity contribution in [2.45, 2.75) is 45.8 Å². The molecule has 1 aliphatic carbocycles. The summed E-state index contributed by atoms with van der Waals surface area (Å²) in [5.41, 5.74) is 5.28. The zero-order valence-corrected chi connectivity index (χ0v) is 11.7. The van der Waals surface area contributed by atoms with Crippen LogP contribution in [0.3, 0.4) is 0 Å². The van der Waals surface area contributed by atoms with Crippen LogP contribution in [-0.2, 0) is 13.1 Å². The van der Waals surface area contributed by atoms with Gasteiger partial charge in [-0.2, -0.15) is 5.10 Å². The molecule has 100 valence electrons. The lowest BCUT2D eigenvalue weighted by Crippen LogP contribution is -2.18. The Morgan fingerprint density at radius 2 is 2.05 bits per heavy atom. The fraction of sp³-hybridized carbons (Fsp3) is 0.438. The van der Waals surface area contributed by atoms with Crippen molar-refractivity contribution < 1.29 is 0 Å². The average Bonchev–Trinajstić information content (AvgIpc) is 3.12. The fourth-order valence-corrected chi connectivity index (χ4v) is 2.26. The van der Waals surface area contributed by atoms with Crippen LogP contribution in [0.1, 0.15) is 35.2 Å². The zero-order valence-electron chi connectivity index (χ0n) is 11.7. The van der Waals surface area contributed by atoms with Crippen molar-refractivity contribution in [2.24, 2.45) is 0 Å². The maximum absolute atomic E-state index is 4.44. The largest absolute Gasteiger partial charge is 0.308 e. The van der Waals surface area contributed by atoms with E-state index in [1.807, 2.05) is 6.20 Å². The third-order valence-electron chi connectivity index (χ3n) is 3.86. The quantitative estimate of drug-likeness (QED) is 0.890. The molecule has 1 fully saturated rings. The van der Waals surface area contributed by atoms with Crippen LogP contribution in [0.2, 0.25) is 0 Å². The Morgan fingerprint density at radius 1 is 1.21 bits per heavy atom. The van der Waals surface area contributed by atoms with Gasteiger partial charge < -0.3 is 5.32 Å². The highest BCUT2D eigenvalue weighted by molar-refractivity contribution is 5.30. The van der Waals surface area contributed by atoms with Gasteiger partial charge in [0.05, 0.1) is 12.2 Å².